The summed E-state index contributed by atoms with van der Waals surface area (Å²) in [5.41, 5.74) is -0.533. The zero-order chi connectivity index (χ0) is 9.31. The van der Waals surface area contributed by atoms with E-state index in [4.69, 9.17) is 0 Å². The number of carbonyl (C=O) groups excluding carboxylic acids is 2. The molecule has 2 heteroatoms. The molecule has 0 aromatic heterocycles. The SMILES string of the molecule is O=CC1(C(=O)C2CCCC2)CCC1. The summed E-state index contributed by atoms with van der Waals surface area (Å²) in [6, 6.07) is 0. The summed E-state index contributed by atoms with van der Waals surface area (Å²) in [4.78, 5) is 22.8. The predicted molar refractivity (Wildman–Crippen MR) is 49.3 cm³/mol. The first-order valence-corrected chi connectivity index (χ1v) is 5.29. The van der Waals surface area contributed by atoms with Crippen LogP contribution in [0.4, 0.5) is 0 Å². The summed E-state index contributed by atoms with van der Waals surface area (Å²) in [7, 11) is 0. The number of carbonyl (C=O) groups is 2. The molecule has 0 aromatic rings. The van der Waals surface area contributed by atoms with Crippen molar-refractivity contribution < 1.29 is 9.59 Å². The third-order valence-electron chi connectivity index (χ3n) is 3.69. The minimum atomic E-state index is -0.533. The molecule has 0 unspecified atom stereocenters. The van der Waals surface area contributed by atoms with Crippen molar-refractivity contribution in [1.29, 1.82) is 0 Å². The second-order valence-electron chi connectivity index (χ2n) is 4.47. The molecular weight excluding hydrogens is 164 g/mol. The average Bonchev–Trinajstić information content (AvgIpc) is 2.54. The van der Waals surface area contributed by atoms with E-state index >= 15 is 0 Å². The molecule has 0 radical (unpaired) electrons. The van der Waals surface area contributed by atoms with Gasteiger partial charge in [-0.25, -0.2) is 0 Å². The van der Waals surface area contributed by atoms with Crippen molar-refractivity contribution in [3.05, 3.63) is 0 Å². The predicted octanol–water partition coefficient (Wildman–Crippen LogP) is 2.11. The summed E-state index contributed by atoms with van der Waals surface area (Å²) in [6.45, 7) is 0. The number of ketones is 1. The minimum Gasteiger partial charge on any atom is -0.302 e. The maximum Gasteiger partial charge on any atom is 0.149 e. The van der Waals surface area contributed by atoms with Gasteiger partial charge in [0.05, 0.1) is 5.41 Å². The molecule has 0 saturated heterocycles. The Morgan fingerprint density at radius 1 is 1.15 bits per heavy atom. The summed E-state index contributed by atoms with van der Waals surface area (Å²) in [5, 5.41) is 0. The summed E-state index contributed by atoms with van der Waals surface area (Å²) in [6.07, 6.45) is 7.98. The topological polar surface area (TPSA) is 34.1 Å². The quantitative estimate of drug-likeness (QED) is 0.492. The maximum absolute atomic E-state index is 11.9. The third-order valence-corrected chi connectivity index (χ3v) is 3.69. The lowest BCUT2D eigenvalue weighted by molar-refractivity contribution is -0.143. The second kappa shape index (κ2) is 3.24. The Bertz CT molecular complexity index is 222. The summed E-state index contributed by atoms with van der Waals surface area (Å²) in [5.74, 6) is 0.469. The van der Waals surface area contributed by atoms with Crippen molar-refractivity contribution in [3.8, 4) is 0 Å². The smallest absolute Gasteiger partial charge is 0.149 e. The van der Waals surface area contributed by atoms with Gasteiger partial charge in [-0.1, -0.05) is 19.3 Å². The zero-order valence-electron chi connectivity index (χ0n) is 7.92. The van der Waals surface area contributed by atoms with Crippen molar-refractivity contribution >= 4 is 12.1 Å². The van der Waals surface area contributed by atoms with Gasteiger partial charge in [-0.3, -0.25) is 4.79 Å². The van der Waals surface area contributed by atoms with E-state index in [9.17, 15) is 9.59 Å². The summed E-state index contributed by atoms with van der Waals surface area (Å²) >= 11 is 0. The molecule has 0 amide bonds. The fourth-order valence-corrected chi connectivity index (χ4v) is 2.57. The number of hydrogen-bond donors (Lipinski definition) is 0. The van der Waals surface area contributed by atoms with Crippen LogP contribution in [-0.4, -0.2) is 12.1 Å². The monoisotopic (exact) mass is 180 g/mol. The van der Waals surface area contributed by atoms with Gasteiger partial charge < -0.3 is 4.79 Å². The van der Waals surface area contributed by atoms with Crippen LogP contribution in [0.3, 0.4) is 0 Å². The van der Waals surface area contributed by atoms with E-state index < -0.39 is 5.41 Å². The second-order valence-corrected chi connectivity index (χ2v) is 4.47. The Kier molecular flexibility index (Phi) is 2.22. The van der Waals surface area contributed by atoms with Gasteiger partial charge in [0.25, 0.3) is 0 Å². The van der Waals surface area contributed by atoms with Crippen LogP contribution >= 0.6 is 0 Å². The molecular formula is C11H16O2. The van der Waals surface area contributed by atoms with Crippen LogP contribution in [0.15, 0.2) is 0 Å². The summed E-state index contributed by atoms with van der Waals surface area (Å²) < 4.78 is 0. The van der Waals surface area contributed by atoms with Gasteiger partial charge in [-0.05, 0) is 25.7 Å². The molecule has 0 aliphatic heterocycles. The Morgan fingerprint density at radius 2 is 1.77 bits per heavy atom. The molecule has 0 aromatic carbocycles. The van der Waals surface area contributed by atoms with Crippen LogP contribution in [0.5, 0.6) is 0 Å². The molecule has 2 aliphatic carbocycles. The van der Waals surface area contributed by atoms with E-state index in [2.05, 4.69) is 0 Å². The number of rotatable bonds is 3. The van der Waals surface area contributed by atoms with E-state index in [1.54, 1.807) is 0 Å². The molecule has 2 nitrogen and oxygen atoms in total. The Morgan fingerprint density at radius 3 is 2.15 bits per heavy atom. The van der Waals surface area contributed by atoms with Crippen molar-refractivity contribution in [2.45, 2.75) is 44.9 Å². The van der Waals surface area contributed by atoms with Crippen molar-refractivity contribution in [2.24, 2.45) is 11.3 Å². The van der Waals surface area contributed by atoms with E-state index in [1.165, 1.54) is 12.8 Å². The lowest BCUT2D eigenvalue weighted by Gasteiger charge is -2.36. The van der Waals surface area contributed by atoms with Crippen molar-refractivity contribution in [3.63, 3.8) is 0 Å². The van der Waals surface area contributed by atoms with Gasteiger partial charge in [0, 0.05) is 5.92 Å². The molecule has 0 bridgehead atoms. The van der Waals surface area contributed by atoms with Gasteiger partial charge in [-0.15, -0.1) is 0 Å². The first kappa shape index (κ1) is 8.92. The lowest BCUT2D eigenvalue weighted by atomic mass is 9.64. The molecule has 72 valence electrons. The normalized spacial score (nSPS) is 26.8. The Labute approximate surface area is 78.7 Å². The Balaban J connectivity index is 2.05. The highest BCUT2D eigenvalue weighted by Crippen LogP contribution is 2.44. The third kappa shape index (κ3) is 1.32. The highest BCUT2D eigenvalue weighted by atomic mass is 16.1. The van der Waals surface area contributed by atoms with Crippen LogP contribution < -0.4 is 0 Å². The number of hydrogen-bond acceptors (Lipinski definition) is 2. The van der Waals surface area contributed by atoms with Crippen molar-refractivity contribution in [2.75, 3.05) is 0 Å². The van der Waals surface area contributed by atoms with E-state index in [0.717, 1.165) is 38.4 Å². The standard InChI is InChI=1S/C11H16O2/c12-8-11(6-3-7-11)10(13)9-4-1-2-5-9/h8-9H,1-7H2. The molecule has 0 atom stereocenters. The first-order chi connectivity index (χ1) is 6.28. The molecule has 2 aliphatic rings. The fourth-order valence-electron chi connectivity index (χ4n) is 2.57. The van der Waals surface area contributed by atoms with E-state index in [0.29, 0.717) is 0 Å². The van der Waals surface area contributed by atoms with Crippen molar-refractivity contribution in [1.82, 2.24) is 0 Å². The molecule has 0 spiro atoms. The van der Waals surface area contributed by atoms with Gasteiger partial charge in [0.2, 0.25) is 0 Å². The van der Waals surface area contributed by atoms with Gasteiger partial charge in [-0.2, -0.15) is 0 Å². The molecule has 2 saturated carbocycles. The largest absolute Gasteiger partial charge is 0.302 e. The Hall–Kier alpha value is -0.660. The lowest BCUT2D eigenvalue weighted by Crippen LogP contribution is -2.42. The molecule has 0 N–H and O–H groups in total. The van der Waals surface area contributed by atoms with Crippen LogP contribution in [0.1, 0.15) is 44.9 Å². The number of Topliss-reactive ketones (excluding diaryl/α,β-unsaturated/α-hetero) is 1. The van der Waals surface area contributed by atoms with E-state index in [1.807, 2.05) is 0 Å². The first-order valence-electron chi connectivity index (χ1n) is 5.29. The van der Waals surface area contributed by atoms with Gasteiger partial charge >= 0.3 is 0 Å². The highest BCUT2D eigenvalue weighted by molar-refractivity contribution is 6.00. The molecule has 0 heterocycles. The zero-order valence-corrected chi connectivity index (χ0v) is 7.92. The minimum absolute atomic E-state index is 0.213. The fraction of sp³-hybridized carbons (Fsp3) is 0.818. The molecule has 2 rings (SSSR count). The van der Waals surface area contributed by atoms with E-state index in [-0.39, 0.29) is 11.7 Å². The average molecular weight is 180 g/mol. The molecule has 13 heavy (non-hydrogen) atoms. The molecule has 2 fully saturated rings. The number of aldehydes is 1. The maximum atomic E-state index is 11.9. The van der Waals surface area contributed by atoms with Crippen LogP contribution in [0.2, 0.25) is 0 Å². The van der Waals surface area contributed by atoms with Crippen LogP contribution in [0, 0.1) is 11.3 Å². The van der Waals surface area contributed by atoms with Crippen LogP contribution in [-0.2, 0) is 9.59 Å². The van der Waals surface area contributed by atoms with Gasteiger partial charge in [0.15, 0.2) is 0 Å². The van der Waals surface area contributed by atoms with Crippen LogP contribution in [0.25, 0.3) is 0 Å². The van der Waals surface area contributed by atoms with Gasteiger partial charge in [0.1, 0.15) is 12.1 Å². The highest BCUT2D eigenvalue weighted by Gasteiger charge is 2.46.